The van der Waals surface area contributed by atoms with Crippen LogP contribution in [-0.4, -0.2) is 20.1 Å². The van der Waals surface area contributed by atoms with E-state index >= 15 is 0 Å². The first-order valence-electron chi connectivity index (χ1n) is 8.49. The predicted molar refractivity (Wildman–Crippen MR) is 102 cm³/mol. The predicted octanol–water partition coefficient (Wildman–Crippen LogP) is 4.08. The van der Waals surface area contributed by atoms with Crippen molar-refractivity contribution < 1.29 is 17.6 Å². The van der Waals surface area contributed by atoms with Crippen molar-refractivity contribution >= 4 is 21.4 Å². The van der Waals surface area contributed by atoms with E-state index in [2.05, 4.69) is 5.32 Å². The summed E-state index contributed by atoms with van der Waals surface area (Å²) in [5.74, 6) is -1.25. The molecule has 1 amide bonds. The van der Waals surface area contributed by atoms with Crippen molar-refractivity contribution in [2.75, 3.05) is 11.1 Å². The Bertz CT molecular complexity index is 884. The first kappa shape index (κ1) is 20.1. The van der Waals surface area contributed by atoms with E-state index in [9.17, 15) is 17.6 Å². The minimum absolute atomic E-state index is 0.100. The first-order valence-corrected chi connectivity index (χ1v) is 10.3. The topological polar surface area (TPSA) is 63.2 Å². The van der Waals surface area contributed by atoms with Gasteiger partial charge >= 0.3 is 0 Å². The molecule has 6 heteroatoms. The van der Waals surface area contributed by atoms with E-state index in [0.29, 0.717) is 0 Å². The Balaban J connectivity index is 1.89. The Kier molecular flexibility index (Phi) is 6.53. The van der Waals surface area contributed by atoms with Crippen molar-refractivity contribution in [3.8, 4) is 0 Å². The summed E-state index contributed by atoms with van der Waals surface area (Å²) in [6.07, 6.45) is 0.301. The summed E-state index contributed by atoms with van der Waals surface area (Å²) in [4.78, 5) is 12.1. The number of rotatable bonds is 7. The lowest BCUT2D eigenvalue weighted by molar-refractivity contribution is -0.116. The number of hydrogen-bond acceptors (Lipinski definition) is 3. The lowest BCUT2D eigenvalue weighted by Gasteiger charge is -2.13. The molecule has 2 aromatic carbocycles. The lowest BCUT2D eigenvalue weighted by Crippen LogP contribution is -2.16. The molecule has 140 valence electrons. The Hall–Kier alpha value is -2.21. The zero-order valence-corrected chi connectivity index (χ0v) is 16.1. The van der Waals surface area contributed by atoms with Gasteiger partial charge in [0, 0.05) is 17.7 Å². The number of benzene rings is 2. The molecule has 26 heavy (non-hydrogen) atoms. The molecule has 0 radical (unpaired) electrons. The second kappa shape index (κ2) is 8.45. The second-order valence-electron chi connectivity index (χ2n) is 6.61. The van der Waals surface area contributed by atoms with Gasteiger partial charge in [0.05, 0.1) is 11.5 Å². The summed E-state index contributed by atoms with van der Waals surface area (Å²) < 4.78 is 37.9. The Morgan fingerprint density at radius 3 is 2.31 bits per heavy atom. The third-order valence-electron chi connectivity index (χ3n) is 4.13. The van der Waals surface area contributed by atoms with Gasteiger partial charge < -0.3 is 5.32 Å². The van der Waals surface area contributed by atoms with E-state index in [-0.39, 0.29) is 35.8 Å². The molecule has 1 N–H and O–H groups in total. The standard InChI is InChI=1S/C20H24FNO3S/c1-14-11-15(2)20(16(3)12-14)22-19(23)9-6-10-26(24,25)13-17-7-4-5-8-18(17)21/h4-5,7-8,11-12H,6,9-10,13H2,1-3H3,(H,22,23). The molecule has 0 fully saturated rings. The highest BCUT2D eigenvalue weighted by Gasteiger charge is 2.16. The number of halogens is 1. The molecular weight excluding hydrogens is 353 g/mol. The molecule has 0 heterocycles. The smallest absolute Gasteiger partial charge is 0.224 e. The summed E-state index contributed by atoms with van der Waals surface area (Å²) >= 11 is 0. The molecule has 0 saturated carbocycles. The number of nitrogens with one attached hydrogen (secondary N) is 1. The molecule has 0 atom stereocenters. The van der Waals surface area contributed by atoms with Crippen LogP contribution in [0.5, 0.6) is 0 Å². The van der Waals surface area contributed by atoms with Crippen LogP contribution in [-0.2, 0) is 20.4 Å². The van der Waals surface area contributed by atoms with Crippen LogP contribution in [0.4, 0.5) is 10.1 Å². The van der Waals surface area contributed by atoms with Gasteiger partial charge in [0.1, 0.15) is 5.82 Å². The largest absolute Gasteiger partial charge is 0.326 e. The fraction of sp³-hybridized carbons (Fsp3) is 0.350. The highest BCUT2D eigenvalue weighted by molar-refractivity contribution is 7.90. The van der Waals surface area contributed by atoms with Gasteiger partial charge in [-0.15, -0.1) is 0 Å². The number of hydrogen-bond donors (Lipinski definition) is 1. The number of carbonyl (C=O) groups excluding carboxylic acids is 1. The van der Waals surface area contributed by atoms with Gasteiger partial charge in [0.15, 0.2) is 9.84 Å². The fourth-order valence-electron chi connectivity index (χ4n) is 2.96. The molecule has 0 aliphatic carbocycles. The molecule has 0 spiro atoms. The van der Waals surface area contributed by atoms with Crippen molar-refractivity contribution in [2.24, 2.45) is 0 Å². The van der Waals surface area contributed by atoms with Gasteiger partial charge in [-0.1, -0.05) is 35.9 Å². The molecule has 0 unspecified atom stereocenters. The molecule has 0 aliphatic rings. The third kappa shape index (κ3) is 5.66. The zero-order valence-electron chi connectivity index (χ0n) is 15.3. The maximum atomic E-state index is 13.6. The molecule has 2 aromatic rings. The lowest BCUT2D eigenvalue weighted by atomic mass is 10.0. The van der Waals surface area contributed by atoms with Crippen molar-refractivity contribution in [2.45, 2.75) is 39.4 Å². The minimum Gasteiger partial charge on any atom is -0.326 e. The zero-order chi connectivity index (χ0) is 19.3. The van der Waals surface area contributed by atoms with E-state index in [4.69, 9.17) is 0 Å². The normalized spacial score (nSPS) is 11.4. The van der Waals surface area contributed by atoms with Crippen LogP contribution < -0.4 is 5.32 Å². The molecule has 2 rings (SSSR count). The van der Waals surface area contributed by atoms with E-state index in [1.807, 2.05) is 32.9 Å². The average Bonchev–Trinajstić information content (AvgIpc) is 2.52. The maximum absolute atomic E-state index is 13.6. The number of carbonyl (C=O) groups is 1. The van der Waals surface area contributed by atoms with Crippen LogP contribution in [0, 0.1) is 26.6 Å². The molecule has 0 saturated heterocycles. The van der Waals surface area contributed by atoms with Gasteiger partial charge in [-0.05, 0) is 44.4 Å². The number of amides is 1. The van der Waals surface area contributed by atoms with Gasteiger partial charge in [0.2, 0.25) is 5.91 Å². The van der Waals surface area contributed by atoms with Crippen molar-refractivity contribution in [1.29, 1.82) is 0 Å². The number of sulfone groups is 1. The van der Waals surface area contributed by atoms with Gasteiger partial charge in [-0.2, -0.15) is 0 Å². The fourth-order valence-corrected chi connectivity index (χ4v) is 4.39. The summed E-state index contributed by atoms with van der Waals surface area (Å²) in [6, 6.07) is 9.80. The molecule has 0 aliphatic heterocycles. The Morgan fingerprint density at radius 1 is 1.08 bits per heavy atom. The van der Waals surface area contributed by atoms with Crippen molar-refractivity contribution in [3.05, 3.63) is 64.5 Å². The van der Waals surface area contributed by atoms with Crippen LogP contribution >= 0.6 is 0 Å². The summed E-state index contributed by atoms with van der Waals surface area (Å²) in [5, 5.41) is 2.86. The number of anilines is 1. The molecular formula is C20H24FNO3S. The van der Waals surface area contributed by atoms with Crippen molar-refractivity contribution in [3.63, 3.8) is 0 Å². The monoisotopic (exact) mass is 377 g/mol. The minimum atomic E-state index is -3.47. The highest BCUT2D eigenvalue weighted by atomic mass is 32.2. The van der Waals surface area contributed by atoms with E-state index in [1.54, 1.807) is 6.07 Å². The van der Waals surface area contributed by atoms with Crippen LogP contribution in [0.15, 0.2) is 36.4 Å². The Morgan fingerprint density at radius 2 is 1.69 bits per heavy atom. The second-order valence-corrected chi connectivity index (χ2v) is 8.79. The van der Waals surface area contributed by atoms with E-state index < -0.39 is 15.7 Å². The van der Waals surface area contributed by atoms with Gasteiger partial charge in [-0.25, -0.2) is 12.8 Å². The Labute approximate surface area is 154 Å². The van der Waals surface area contributed by atoms with Crippen LogP contribution in [0.1, 0.15) is 35.1 Å². The van der Waals surface area contributed by atoms with Crippen LogP contribution in [0.2, 0.25) is 0 Å². The van der Waals surface area contributed by atoms with Crippen molar-refractivity contribution in [1.82, 2.24) is 0 Å². The van der Waals surface area contributed by atoms with Gasteiger partial charge in [0.25, 0.3) is 0 Å². The third-order valence-corrected chi connectivity index (χ3v) is 5.80. The number of aryl methyl sites for hydroxylation is 3. The summed E-state index contributed by atoms with van der Waals surface area (Å²) in [5.41, 5.74) is 4.00. The van der Waals surface area contributed by atoms with Crippen LogP contribution in [0.25, 0.3) is 0 Å². The van der Waals surface area contributed by atoms with Gasteiger partial charge in [-0.3, -0.25) is 4.79 Å². The van der Waals surface area contributed by atoms with Crippen LogP contribution in [0.3, 0.4) is 0 Å². The van der Waals surface area contributed by atoms with E-state index in [0.717, 1.165) is 22.4 Å². The maximum Gasteiger partial charge on any atom is 0.224 e. The highest BCUT2D eigenvalue weighted by Crippen LogP contribution is 2.22. The summed E-state index contributed by atoms with van der Waals surface area (Å²) in [6.45, 7) is 5.84. The average molecular weight is 377 g/mol. The first-order chi connectivity index (χ1) is 12.2. The molecule has 0 aromatic heterocycles. The summed E-state index contributed by atoms with van der Waals surface area (Å²) in [7, 11) is -3.47. The molecule has 4 nitrogen and oxygen atoms in total. The quantitative estimate of drug-likeness (QED) is 0.791. The molecule has 0 bridgehead atoms. The van der Waals surface area contributed by atoms with E-state index in [1.165, 1.54) is 18.2 Å². The SMILES string of the molecule is Cc1cc(C)c(NC(=O)CCCS(=O)(=O)Cc2ccccc2F)c(C)c1.